The number of ether oxygens (including phenoxy) is 1. The second-order valence-electron chi connectivity index (χ2n) is 8.81. The molecule has 2 aromatic rings. The van der Waals surface area contributed by atoms with Crippen LogP contribution in [0.15, 0.2) is 29.3 Å². The van der Waals surface area contributed by atoms with Crippen molar-refractivity contribution in [1.82, 2.24) is 4.90 Å². The van der Waals surface area contributed by atoms with Crippen molar-refractivity contribution in [2.75, 3.05) is 26.3 Å². The topological polar surface area (TPSA) is 41.9 Å². The Morgan fingerprint density at radius 2 is 1.91 bits per heavy atom. The predicted molar refractivity (Wildman–Crippen MR) is 128 cm³/mol. The van der Waals surface area contributed by atoms with Gasteiger partial charge in [-0.2, -0.15) is 0 Å². The van der Waals surface area contributed by atoms with Gasteiger partial charge in [0.05, 0.1) is 29.5 Å². The van der Waals surface area contributed by atoms with E-state index in [1.807, 2.05) is 6.92 Å². The van der Waals surface area contributed by atoms with Crippen LogP contribution in [-0.2, 0) is 23.5 Å². The minimum absolute atomic E-state index is 0.0203. The molecule has 4 nitrogen and oxygen atoms in total. The van der Waals surface area contributed by atoms with E-state index in [1.165, 1.54) is 6.07 Å². The smallest absolute Gasteiger partial charge is 0.270 e. The zero-order chi connectivity index (χ0) is 23.9. The quantitative estimate of drug-likeness (QED) is 0.493. The summed E-state index contributed by atoms with van der Waals surface area (Å²) in [6, 6.07) is 6.57. The van der Waals surface area contributed by atoms with Gasteiger partial charge in [-0.25, -0.2) is 8.78 Å². The summed E-state index contributed by atoms with van der Waals surface area (Å²) in [6.45, 7) is 6.64. The van der Waals surface area contributed by atoms with Crippen molar-refractivity contribution in [3.05, 3.63) is 62.1 Å². The first-order valence-electron chi connectivity index (χ1n) is 11.0. The zero-order valence-corrected chi connectivity index (χ0v) is 20.4. The van der Waals surface area contributed by atoms with E-state index in [0.29, 0.717) is 71.6 Å². The Balaban J connectivity index is 1.70. The summed E-state index contributed by atoms with van der Waals surface area (Å²) in [5.74, 6) is -3.02. The summed E-state index contributed by atoms with van der Waals surface area (Å²) >= 11 is 13.2. The minimum Gasteiger partial charge on any atom is -0.378 e. The first kappa shape index (κ1) is 24.1. The molecule has 0 aromatic heterocycles. The molecule has 1 amide bonds. The summed E-state index contributed by atoms with van der Waals surface area (Å²) in [7, 11) is 0. The van der Waals surface area contributed by atoms with E-state index in [9.17, 15) is 13.6 Å². The van der Waals surface area contributed by atoms with Crippen LogP contribution in [-0.4, -0.2) is 42.8 Å². The number of amides is 1. The molecule has 0 spiro atoms. The third-order valence-corrected chi connectivity index (χ3v) is 7.20. The van der Waals surface area contributed by atoms with Crippen LogP contribution in [0.2, 0.25) is 10.0 Å². The molecule has 4 rings (SSSR count). The molecule has 0 aliphatic carbocycles. The molecule has 1 fully saturated rings. The first-order chi connectivity index (χ1) is 15.6. The highest BCUT2D eigenvalue weighted by Gasteiger charge is 2.31. The van der Waals surface area contributed by atoms with Gasteiger partial charge in [0, 0.05) is 42.7 Å². The molecule has 2 heterocycles. The molecular weight excluding hydrogens is 469 g/mol. The number of benzene rings is 2. The summed E-state index contributed by atoms with van der Waals surface area (Å²) in [5, 5.41) is 0.759. The Labute approximate surface area is 202 Å². The monoisotopic (exact) mass is 494 g/mol. The minimum atomic E-state index is -2.95. The van der Waals surface area contributed by atoms with Crippen LogP contribution in [0.1, 0.15) is 46.5 Å². The van der Waals surface area contributed by atoms with E-state index in [2.05, 4.69) is 0 Å². The van der Waals surface area contributed by atoms with E-state index in [-0.39, 0.29) is 17.4 Å². The van der Waals surface area contributed by atoms with Crippen molar-refractivity contribution in [3.8, 4) is 0 Å². The number of nitrogens with zero attached hydrogens (tertiary/aromatic N) is 2. The van der Waals surface area contributed by atoms with Gasteiger partial charge in [-0.3, -0.25) is 9.79 Å². The number of halogens is 4. The normalized spacial score (nSPS) is 18.7. The lowest BCUT2D eigenvalue weighted by Crippen LogP contribution is -2.40. The summed E-state index contributed by atoms with van der Waals surface area (Å²) in [6.07, 6.45) is 1.03. The Morgan fingerprint density at radius 1 is 1.21 bits per heavy atom. The number of carbonyl (C=O) groups excluding carboxylic acids is 1. The lowest BCUT2D eigenvalue weighted by atomic mass is 9.86. The number of hydrogen-bond acceptors (Lipinski definition) is 3. The van der Waals surface area contributed by atoms with Gasteiger partial charge < -0.3 is 9.64 Å². The van der Waals surface area contributed by atoms with Gasteiger partial charge >= 0.3 is 0 Å². The number of morpholine rings is 1. The Kier molecular flexibility index (Phi) is 6.81. The van der Waals surface area contributed by atoms with Crippen LogP contribution in [0, 0.1) is 12.8 Å². The number of hydrogen-bond donors (Lipinski definition) is 0. The summed E-state index contributed by atoms with van der Waals surface area (Å²) in [5.41, 5.74) is 3.83. The molecule has 0 saturated carbocycles. The number of carbonyl (C=O) groups is 1. The van der Waals surface area contributed by atoms with Gasteiger partial charge in [-0.15, -0.1) is 0 Å². The molecule has 2 aromatic carbocycles. The van der Waals surface area contributed by atoms with Crippen LogP contribution >= 0.6 is 23.2 Å². The third kappa shape index (κ3) is 4.79. The zero-order valence-electron chi connectivity index (χ0n) is 18.9. The molecule has 8 heteroatoms. The van der Waals surface area contributed by atoms with Crippen LogP contribution < -0.4 is 0 Å². The van der Waals surface area contributed by atoms with Gasteiger partial charge in [0.2, 0.25) is 0 Å². The largest absolute Gasteiger partial charge is 0.378 e. The third-order valence-electron chi connectivity index (χ3n) is 6.41. The molecule has 1 atom stereocenters. The second-order valence-corrected chi connectivity index (χ2v) is 9.60. The van der Waals surface area contributed by atoms with Gasteiger partial charge in [-0.05, 0) is 48.1 Å². The van der Waals surface area contributed by atoms with Crippen molar-refractivity contribution in [2.24, 2.45) is 10.9 Å². The van der Waals surface area contributed by atoms with E-state index in [0.717, 1.165) is 18.2 Å². The van der Waals surface area contributed by atoms with Gasteiger partial charge in [-0.1, -0.05) is 42.3 Å². The van der Waals surface area contributed by atoms with Crippen molar-refractivity contribution in [1.29, 1.82) is 0 Å². The maximum absolute atomic E-state index is 14.1. The van der Waals surface area contributed by atoms with Crippen LogP contribution in [0.5, 0.6) is 0 Å². The maximum Gasteiger partial charge on any atom is 0.270 e. The molecule has 1 unspecified atom stereocenters. The molecule has 176 valence electrons. The van der Waals surface area contributed by atoms with Crippen molar-refractivity contribution < 1.29 is 18.3 Å². The molecule has 0 N–H and O–H groups in total. The molecule has 2 aliphatic heterocycles. The fourth-order valence-electron chi connectivity index (χ4n) is 4.51. The lowest BCUT2D eigenvalue weighted by molar-refractivity contribution is 0.0168. The van der Waals surface area contributed by atoms with Gasteiger partial charge in [0.1, 0.15) is 0 Å². The summed E-state index contributed by atoms with van der Waals surface area (Å²) < 4.78 is 33.4. The van der Waals surface area contributed by atoms with Crippen LogP contribution in [0.4, 0.5) is 14.5 Å². The second kappa shape index (κ2) is 9.32. The van der Waals surface area contributed by atoms with Crippen LogP contribution in [0.25, 0.3) is 0 Å². The molecule has 0 radical (unpaired) electrons. The van der Waals surface area contributed by atoms with Crippen LogP contribution in [0.3, 0.4) is 0 Å². The van der Waals surface area contributed by atoms with Gasteiger partial charge in [0.15, 0.2) is 0 Å². The van der Waals surface area contributed by atoms with E-state index < -0.39 is 5.92 Å². The average Bonchev–Trinajstić information content (AvgIpc) is 2.76. The molecule has 0 bridgehead atoms. The van der Waals surface area contributed by atoms with Crippen molar-refractivity contribution in [3.63, 3.8) is 0 Å². The van der Waals surface area contributed by atoms with Gasteiger partial charge in [0.25, 0.3) is 11.8 Å². The number of alkyl halides is 2. The average molecular weight is 495 g/mol. The highest BCUT2D eigenvalue weighted by Crippen LogP contribution is 2.40. The summed E-state index contributed by atoms with van der Waals surface area (Å²) in [4.78, 5) is 19.5. The number of rotatable bonds is 4. The highest BCUT2D eigenvalue weighted by atomic mass is 35.5. The molecule has 1 saturated heterocycles. The van der Waals surface area contributed by atoms with Crippen molar-refractivity contribution in [2.45, 2.75) is 39.5 Å². The van der Waals surface area contributed by atoms with E-state index in [4.69, 9.17) is 32.9 Å². The SMILES string of the molecule is Cc1c(C(C)(F)F)ccc2c1N=C(Cc1c(Cl)ccc(C(=O)N3CCOCC3)c1Cl)C(C)C2. The Morgan fingerprint density at radius 3 is 2.58 bits per heavy atom. The van der Waals surface area contributed by atoms with E-state index >= 15 is 0 Å². The number of fused-ring (bicyclic) bond motifs is 1. The van der Waals surface area contributed by atoms with E-state index in [1.54, 1.807) is 30.0 Å². The maximum atomic E-state index is 14.1. The first-order valence-corrected chi connectivity index (χ1v) is 11.8. The molecule has 33 heavy (non-hydrogen) atoms. The fourth-order valence-corrected chi connectivity index (χ4v) is 5.10. The predicted octanol–water partition coefficient (Wildman–Crippen LogP) is 6.39. The standard InChI is InChI=1S/C25H26Cl2F2N2O2/c1-14-12-16-4-6-19(25(3,28)29)15(2)23(16)30-21(14)13-18-20(26)7-5-17(22(18)27)24(32)31-8-10-33-11-9-31/h4-7,14H,8-13H2,1-3H3. The van der Waals surface area contributed by atoms with Crippen molar-refractivity contribution >= 4 is 40.5 Å². The molecule has 2 aliphatic rings. The molecular formula is C25H26Cl2F2N2O2. The Hall–Kier alpha value is -2.02. The Bertz CT molecular complexity index is 1120. The highest BCUT2D eigenvalue weighted by molar-refractivity contribution is 6.38. The number of aliphatic imine (C=N–C) groups is 1. The fraction of sp³-hybridized carbons (Fsp3) is 0.440. The lowest BCUT2D eigenvalue weighted by Gasteiger charge is -2.28.